The number of nitro benzene ring substituents is 1. The first-order chi connectivity index (χ1) is 7.85. The molecule has 1 aromatic rings. The van der Waals surface area contributed by atoms with Crippen molar-refractivity contribution >= 4 is 11.4 Å². The molecule has 17 heavy (non-hydrogen) atoms. The minimum absolute atomic E-state index is 0.0296. The SMILES string of the molecule is Cc1cc([N+](=O)[O-])ccc1NCC(C)(O)CO. The molecule has 0 bridgehead atoms. The fourth-order valence-corrected chi connectivity index (χ4v) is 1.30. The highest BCUT2D eigenvalue weighted by Crippen LogP contribution is 2.21. The van der Waals surface area contributed by atoms with Crippen molar-refractivity contribution in [2.24, 2.45) is 0 Å². The van der Waals surface area contributed by atoms with E-state index >= 15 is 0 Å². The van der Waals surface area contributed by atoms with Gasteiger partial charge in [-0.15, -0.1) is 0 Å². The van der Waals surface area contributed by atoms with Gasteiger partial charge in [-0.3, -0.25) is 10.1 Å². The number of nitrogens with zero attached hydrogens (tertiary/aromatic N) is 1. The Morgan fingerprint density at radius 2 is 2.18 bits per heavy atom. The van der Waals surface area contributed by atoms with Crippen molar-refractivity contribution < 1.29 is 15.1 Å². The number of non-ortho nitro benzene ring substituents is 1. The Morgan fingerprint density at radius 3 is 2.65 bits per heavy atom. The van der Waals surface area contributed by atoms with Gasteiger partial charge >= 0.3 is 0 Å². The van der Waals surface area contributed by atoms with Crippen LogP contribution in [0.2, 0.25) is 0 Å². The normalized spacial score (nSPS) is 14.1. The van der Waals surface area contributed by atoms with Crippen LogP contribution in [-0.4, -0.2) is 33.9 Å². The van der Waals surface area contributed by atoms with Gasteiger partial charge in [-0.2, -0.15) is 0 Å². The molecule has 1 aromatic carbocycles. The molecule has 0 saturated heterocycles. The molecule has 0 spiro atoms. The molecule has 6 heteroatoms. The molecule has 0 heterocycles. The highest BCUT2D eigenvalue weighted by atomic mass is 16.6. The van der Waals surface area contributed by atoms with E-state index in [4.69, 9.17) is 5.11 Å². The van der Waals surface area contributed by atoms with E-state index in [1.807, 2.05) is 0 Å². The van der Waals surface area contributed by atoms with E-state index in [0.29, 0.717) is 11.3 Å². The summed E-state index contributed by atoms with van der Waals surface area (Å²) >= 11 is 0. The van der Waals surface area contributed by atoms with Gasteiger partial charge in [-0.05, 0) is 25.5 Å². The first-order valence-electron chi connectivity index (χ1n) is 5.18. The van der Waals surface area contributed by atoms with Crippen molar-refractivity contribution in [3.8, 4) is 0 Å². The van der Waals surface area contributed by atoms with E-state index in [1.165, 1.54) is 19.1 Å². The Bertz CT molecular complexity index is 418. The first-order valence-corrected chi connectivity index (χ1v) is 5.18. The maximum atomic E-state index is 10.5. The minimum Gasteiger partial charge on any atom is -0.393 e. The van der Waals surface area contributed by atoms with Crippen LogP contribution in [0.4, 0.5) is 11.4 Å². The second-order valence-electron chi connectivity index (χ2n) is 4.26. The van der Waals surface area contributed by atoms with Crippen molar-refractivity contribution in [3.05, 3.63) is 33.9 Å². The van der Waals surface area contributed by atoms with Crippen LogP contribution < -0.4 is 5.32 Å². The molecule has 0 fully saturated rings. The van der Waals surface area contributed by atoms with Gasteiger partial charge in [0.05, 0.1) is 11.5 Å². The standard InChI is InChI=1S/C11H16N2O4/c1-8-5-9(13(16)17)3-4-10(8)12-6-11(2,15)7-14/h3-5,12,14-15H,6-7H2,1-2H3. The third kappa shape index (κ3) is 3.69. The lowest BCUT2D eigenvalue weighted by atomic mass is 10.1. The lowest BCUT2D eigenvalue weighted by molar-refractivity contribution is -0.384. The summed E-state index contributed by atoms with van der Waals surface area (Å²) in [5.41, 5.74) is 0.230. The third-order valence-electron chi connectivity index (χ3n) is 2.42. The maximum absolute atomic E-state index is 10.5. The number of benzene rings is 1. The Morgan fingerprint density at radius 1 is 1.53 bits per heavy atom. The topological polar surface area (TPSA) is 95.6 Å². The summed E-state index contributed by atoms with van der Waals surface area (Å²) < 4.78 is 0. The van der Waals surface area contributed by atoms with Gasteiger partial charge in [-0.25, -0.2) is 0 Å². The molecule has 0 amide bonds. The van der Waals surface area contributed by atoms with Crippen LogP contribution >= 0.6 is 0 Å². The number of aryl methyl sites for hydroxylation is 1. The number of aliphatic hydroxyl groups is 2. The predicted molar refractivity (Wildman–Crippen MR) is 64.0 cm³/mol. The second-order valence-corrected chi connectivity index (χ2v) is 4.26. The molecule has 3 N–H and O–H groups in total. The van der Waals surface area contributed by atoms with Crippen LogP contribution in [0.1, 0.15) is 12.5 Å². The monoisotopic (exact) mass is 240 g/mol. The molecule has 0 aromatic heterocycles. The Labute approximate surface area is 99.0 Å². The molecule has 0 aliphatic heterocycles. The number of rotatable bonds is 5. The van der Waals surface area contributed by atoms with Crippen molar-refractivity contribution in [1.82, 2.24) is 0 Å². The van der Waals surface area contributed by atoms with Crippen LogP contribution in [0.3, 0.4) is 0 Å². The van der Waals surface area contributed by atoms with Crippen molar-refractivity contribution in [2.45, 2.75) is 19.4 Å². The van der Waals surface area contributed by atoms with Crippen LogP contribution in [0.25, 0.3) is 0 Å². The van der Waals surface area contributed by atoms with Crippen molar-refractivity contribution in [1.29, 1.82) is 0 Å². The Hall–Kier alpha value is -1.66. The van der Waals surface area contributed by atoms with E-state index in [9.17, 15) is 15.2 Å². The smallest absolute Gasteiger partial charge is 0.269 e. The van der Waals surface area contributed by atoms with E-state index < -0.39 is 10.5 Å². The zero-order valence-electron chi connectivity index (χ0n) is 9.80. The molecule has 1 unspecified atom stereocenters. The molecule has 94 valence electrons. The summed E-state index contributed by atoms with van der Waals surface area (Å²) in [6, 6.07) is 4.43. The van der Waals surface area contributed by atoms with E-state index in [0.717, 1.165) is 0 Å². The van der Waals surface area contributed by atoms with Gasteiger partial charge in [0.1, 0.15) is 5.60 Å². The Kier molecular flexibility index (Phi) is 4.03. The summed E-state index contributed by atoms with van der Waals surface area (Å²) in [6.45, 7) is 3.05. The minimum atomic E-state index is -1.21. The van der Waals surface area contributed by atoms with Gasteiger partial charge in [0, 0.05) is 24.4 Å². The second kappa shape index (κ2) is 5.11. The Balaban J connectivity index is 2.77. The number of hydrogen-bond donors (Lipinski definition) is 3. The van der Waals surface area contributed by atoms with Crippen LogP contribution in [0, 0.1) is 17.0 Å². The molecular weight excluding hydrogens is 224 g/mol. The predicted octanol–water partition coefficient (Wildman–Crippen LogP) is 1.06. The highest BCUT2D eigenvalue weighted by Gasteiger charge is 2.19. The fraction of sp³-hybridized carbons (Fsp3) is 0.455. The van der Waals surface area contributed by atoms with E-state index in [2.05, 4.69) is 5.32 Å². The summed E-state index contributed by atoms with van der Waals surface area (Å²) in [5.74, 6) is 0. The van der Waals surface area contributed by atoms with Crippen molar-refractivity contribution in [3.63, 3.8) is 0 Å². The first kappa shape index (κ1) is 13.4. The van der Waals surface area contributed by atoms with Gasteiger partial charge in [0.25, 0.3) is 5.69 Å². The zero-order chi connectivity index (χ0) is 13.1. The molecule has 6 nitrogen and oxygen atoms in total. The summed E-state index contributed by atoms with van der Waals surface area (Å²) in [4.78, 5) is 10.1. The lowest BCUT2D eigenvalue weighted by Crippen LogP contribution is -2.37. The number of nitro groups is 1. The van der Waals surface area contributed by atoms with Crippen LogP contribution in [-0.2, 0) is 0 Å². The van der Waals surface area contributed by atoms with Crippen molar-refractivity contribution in [2.75, 3.05) is 18.5 Å². The molecule has 0 aliphatic rings. The number of nitrogens with one attached hydrogen (secondary N) is 1. The summed E-state index contributed by atoms with van der Waals surface area (Å²) in [7, 11) is 0. The summed E-state index contributed by atoms with van der Waals surface area (Å²) in [5, 5.41) is 32.0. The number of anilines is 1. The number of aliphatic hydroxyl groups excluding tert-OH is 1. The van der Waals surface area contributed by atoms with Gasteiger partial charge in [0.15, 0.2) is 0 Å². The maximum Gasteiger partial charge on any atom is 0.269 e. The lowest BCUT2D eigenvalue weighted by Gasteiger charge is -2.22. The molecule has 1 rings (SSSR count). The average molecular weight is 240 g/mol. The zero-order valence-corrected chi connectivity index (χ0v) is 9.80. The van der Waals surface area contributed by atoms with Crippen LogP contribution in [0.5, 0.6) is 0 Å². The van der Waals surface area contributed by atoms with Gasteiger partial charge in [0.2, 0.25) is 0 Å². The largest absolute Gasteiger partial charge is 0.393 e. The molecule has 1 atom stereocenters. The molecule has 0 radical (unpaired) electrons. The molecular formula is C11H16N2O4. The third-order valence-corrected chi connectivity index (χ3v) is 2.42. The summed E-state index contributed by atoms with van der Waals surface area (Å²) in [6.07, 6.45) is 0. The van der Waals surface area contributed by atoms with E-state index in [-0.39, 0.29) is 18.8 Å². The van der Waals surface area contributed by atoms with E-state index in [1.54, 1.807) is 13.0 Å². The van der Waals surface area contributed by atoms with Gasteiger partial charge < -0.3 is 15.5 Å². The highest BCUT2D eigenvalue weighted by molar-refractivity contribution is 5.55. The fourth-order valence-electron chi connectivity index (χ4n) is 1.30. The van der Waals surface area contributed by atoms with Crippen LogP contribution in [0.15, 0.2) is 18.2 Å². The molecule has 0 aliphatic carbocycles. The quantitative estimate of drug-likeness (QED) is 0.528. The molecule has 0 saturated carbocycles. The average Bonchev–Trinajstić information content (AvgIpc) is 2.27. The van der Waals surface area contributed by atoms with Gasteiger partial charge in [-0.1, -0.05) is 0 Å². The number of hydrogen-bond acceptors (Lipinski definition) is 5.